The average Bonchev–Trinajstić information content (AvgIpc) is 2.79. The maximum absolute atomic E-state index is 11.2. The van der Waals surface area contributed by atoms with Gasteiger partial charge in [-0.2, -0.15) is 0 Å². The molecule has 0 spiro atoms. The van der Waals surface area contributed by atoms with Crippen LogP contribution in [0.3, 0.4) is 0 Å². The van der Waals surface area contributed by atoms with Crippen molar-refractivity contribution >= 4 is 5.97 Å². The molecule has 0 aromatic heterocycles. The molecule has 0 saturated carbocycles. The van der Waals surface area contributed by atoms with Crippen molar-refractivity contribution in [3.63, 3.8) is 0 Å². The zero-order valence-electron chi connectivity index (χ0n) is 11.7. The number of aliphatic hydroxyl groups excluding tert-OH is 7. The number of carbonyl (C=O) groups excluding carboxylic acids is 1. The Morgan fingerprint density at radius 2 is 1.74 bits per heavy atom. The van der Waals surface area contributed by atoms with Crippen LogP contribution in [-0.4, -0.2) is 97.8 Å². The molecule has 0 bridgehead atoms. The molecule has 23 heavy (non-hydrogen) atoms. The van der Waals surface area contributed by atoms with E-state index in [1.54, 1.807) is 0 Å². The topological polar surface area (TPSA) is 186 Å². The van der Waals surface area contributed by atoms with Gasteiger partial charge < -0.3 is 50.0 Å². The predicted molar refractivity (Wildman–Crippen MR) is 67.9 cm³/mol. The molecular formula is C12H18O11. The minimum atomic E-state index is -1.74. The molecule has 0 aromatic carbocycles. The van der Waals surface area contributed by atoms with Crippen molar-refractivity contribution in [1.29, 1.82) is 0 Å². The van der Waals surface area contributed by atoms with Gasteiger partial charge in [0.1, 0.15) is 30.5 Å². The van der Waals surface area contributed by atoms with Gasteiger partial charge in [-0.25, -0.2) is 4.79 Å². The molecule has 2 rings (SSSR count). The van der Waals surface area contributed by atoms with Gasteiger partial charge in [0.25, 0.3) is 0 Å². The van der Waals surface area contributed by atoms with E-state index < -0.39 is 73.6 Å². The summed E-state index contributed by atoms with van der Waals surface area (Å²) in [7, 11) is 0. The average molecular weight is 338 g/mol. The molecule has 2 aliphatic rings. The first-order valence-electron chi connectivity index (χ1n) is 6.71. The van der Waals surface area contributed by atoms with Gasteiger partial charge in [0.15, 0.2) is 18.2 Å². The second kappa shape index (κ2) is 6.97. The molecule has 0 aliphatic carbocycles. The first-order valence-corrected chi connectivity index (χ1v) is 6.71. The SMILES string of the molecule is O=C1OC(C(CO)OC2OC(CO)C(O)C(O)C2O)C(O)=C1O. The van der Waals surface area contributed by atoms with Crippen molar-refractivity contribution in [3.8, 4) is 0 Å². The van der Waals surface area contributed by atoms with Crippen LogP contribution >= 0.6 is 0 Å². The lowest BCUT2D eigenvalue weighted by molar-refractivity contribution is -0.318. The molecule has 11 nitrogen and oxygen atoms in total. The summed E-state index contributed by atoms with van der Waals surface area (Å²) in [5.74, 6) is -3.12. The van der Waals surface area contributed by atoms with E-state index >= 15 is 0 Å². The van der Waals surface area contributed by atoms with Crippen LogP contribution < -0.4 is 0 Å². The van der Waals surface area contributed by atoms with E-state index in [0.717, 1.165) is 0 Å². The second-order valence-corrected chi connectivity index (χ2v) is 5.11. The maximum Gasteiger partial charge on any atom is 0.377 e. The lowest BCUT2D eigenvalue weighted by atomic mass is 9.99. The molecule has 11 heteroatoms. The Hall–Kier alpha value is -1.47. The molecular weight excluding hydrogens is 320 g/mol. The van der Waals surface area contributed by atoms with Crippen LogP contribution in [0.2, 0.25) is 0 Å². The molecule has 1 saturated heterocycles. The summed E-state index contributed by atoms with van der Waals surface area (Å²) in [6.45, 7) is -1.48. The molecule has 0 radical (unpaired) electrons. The van der Waals surface area contributed by atoms with Crippen LogP contribution in [0.15, 0.2) is 11.5 Å². The lowest BCUT2D eigenvalue weighted by Crippen LogP contribution is -2.60. The highest BCUT2D eigenvalue weighted by molar-refractivity contribution is 5.89. The Morgan fingerprint density at radius 1 is 1.09 bits per heavy atom. The molecule has 132 valence electrons. The Kier molecular flexibility index (Phi) is 5.41. The third-order valence-corrected chi connectivity index (χ3v) is 3.61. The van der Waals surface area contributed by atoms with E-state index in [0.29, 0.717) is 0 Å². The molecule has 2 heterocycles. The highest BCUT2D eigenvalue weighted by atomic mass is 16.7. The largest absolute Gasteiger partial charge is 0.505 e. The smallest absolute Gasteiger partial charge is 0.377 e. The van der Waals surface area contributed by atoms with Gasteiger partial charge in [0.2, 0.25) is 5.76 Å². The van der Waals surface area contributed by atoms with E-state index in [1.807, 2.05) is 0 Å². The molecule has 0 amide bonds. The molecule has 0 aromatic rings. The number of hydrogen-bond donors (Lipinski definition) is 7. The van der Waals surface area contributed by atoms with Crippen molar-refractivity contribution in [2.75, 3.05) is 13.2 Å². The zero-order valence-corrected chi connectivity index (χ0v) is 11.7. The summed E-state index contributed by atoms with van der Waals surface area (Å²) < 4.78 is 14.9. The van der Waals surface area contributed by atoms with Gasteiger partial charge in [0.05, 0.1) is 13.2 Å². The van der Waals surface area contributed by atoms with E-state index in [2.05, 4.69) is 4.74 Å². The minimum Gasteiger partial charge on any atom is -0.505 e. The summed E-state index contributed by atoms with van der Waals surface area (Å²) >= 11 is 0. The number of esters is 1. The lowest BCUT2D eigenvalue weighted by Gasteiger charge is -2.41. The van der Waals surface area contributed by atoms with Crippen LogP contribution in [0.1, 0.15) is 0 Å². The van der Waals surface area contributed by atoms with Crippen LogP contribution in [0.25, 0.3) is 0 Å². The molecule has 1 fully saturated rings. The molecule has 7 unspecified atom stereocenters. The minimum absolute atomic E-state index is 0.682. The fraction of sp³-hybridized carbons (Fsp3) is 0.750. The second-order valence-electron chi connectivity index (χ2n) is 5.11. The van der Waals surface area contributed by atoms with Crippen LogP contribution in [-0.2, 0) is 19.0 Å². The third kappa shape index (κ3) is 3.26. The molecule has 7 N–H and O–H groups in total. The molecule has 2 aliphatic heterocycles. The highest BCUT2D eigenvalue weighted by Crippen LogP contribution is 2.27. The van der Waals surface area contributed by atoms with Crippen LogP contribution in [0.4, 0.5) is 0 Å². The standard InChI is InChI=1S/C12H18O11/c13-1-3-5(15)6(16)9(19)12(21-3)22-4(2-14)10-7(17)8(18)11(20)23-10/h3-6,9-10,12-19H,1-2H2. The predicted octanol–water partition coefficient (Wildman–Crippen LogP) is -3.58. The van der Waals surface area contributed by atoms with Crippen molar-refractivity contribution in [1.82, 2.24) is 0 Å². The van der Waals surface area contributed by atoms with E-state index in [9.17, 15) is 35.4 Å². The van der Waals surface area contributed by atoms with Gasteiger partial charge in [-0.3, -0.25) is 0 Å². The quantitative estimate of drug-likeness (QED) is 0.246. The summed E-state index contributed by atoms with van der Waals surface area (Å²) in [6.07, 6.45) is -10.8. The fourth-order valence-corrected chi connectivity index (χ4v) is 2.28. The van der Waals surface area contributed by atoms with E-state index in [4.69, 9.17) is 14.6 Å². The fourth-order valence-electron chi connectivity index (χ4n) is 2.28. The van der Waals surface area contributed by atoms with Gasteiger partial charge in [0, 0.05) is 0 Å². The summed E-state index contributed by atoms with van der Waals surface area (Å²) in [6, 6.07) is 0. The maximum atomic E-state index is 11.2. The Bertz CT molecular complexity index is 476. The monoisotopic (exact) mass is 338 g/mol. The third-order valence-electron chi connectivity index (χ3n) is 3.61. The zero-order chi connectivity index (χ0) is 17.3. The van der Waals surface area contributed by atoms with Gasteiger partial charge in [-0.1, -0.05) is 0 Å². The van der Waals surface area contributed by atoms with Gasteiger partial charge >= 0.3 is 5.97 Å². The van der Waals surface area contributed by atoms with E-state index in [1.165, 1.54) is 0 Å². The highest BCUT2D eigenvalue weighted by Gasteiger charge is 2.47. The summed E-state index contributed by atoms with van der Waals surface area (Å²) in [5, 5.41) is 66.3. The van der Waals surface area contributed by atoms with Gasteiger partial charge in [-0.05, 0) is 0 Å². The van der Waals surface area contributed by atoms with Crippen molar-refractivity contribution in [3.05, 3.63) is 11.5 Å². The Balaban J connectivity index is 2.11. The Morgan fingerprint density at radius 3 is 2.22 bits per heavy atom. The number of rotatable bonds is 5. The van der Waals surface area contributed by atoms with Crippen LogP contribution in [0.5, 0.6) is 0 Å². The summed E-state index contributed by atoms with van der Waals surface area (Å²) in [4.78, 5) is 11.2. The number of carbonyl (C=O) groups is 1. The van der Waals surface area contributed by atoms with Crippen molar-refractivity contribution in [2.45, 2.75) is 42.9 Å². The van der Waals surface area contributed by atoms with Crippen LogP contribution in [0, 0.1) is 0 Å². The number of aliphatic hydroxyl groups is 7. The van der Waals surface area contributed by atoms with Crippen molar-refractivity contribution in [2.24, 2.45) is 0 Å². The van der Waals surface area contributed by atoms with Gasteiger partial charge in [-0.15, -0.1) is 0 Å². The Labute approximate surface area is 129 Å². The number of ether oxygens (including phenoxy) is 3. The van der Waals surface area contributed by atoms with E-state index in [-0.39, 0.29) is 0 Å². The van der Waals surface area contributed by atoms with Crippen molar-refractivity contribution < 1.29 is 54.8 Å². The first kappa shape index (κ1) is 17.9. The normalized spacial score (nSPS) is 39.4. The summed E-state index contributed by atoms with van der Waals surface area (Å²) in [5.41, 5.74) is 0. The number of hydrogen-bond acceptors (Lipinski definition) is 11. The number of cyclic esters (lactones) is 1. The molecule has 7 atom stereocenters. The first-order chi connectivity index (χ1) is 10.8.